The number of amides is 1. The minimum absolute atomic E-state index is 0.000934. The molecule has 1 aliphatic rings. The van der Waals surface area contributed by atoms with Crippen LogP contribution in [0.25, 0.3) is 0 Å². The number of carbonyl (C=O) groups excluding carboxylic acids is 1. The number of hydrogen-bond acceptors (Lipinski definition) is 5. The molecule has 0 bridgehead atoms. The smallest absolute Gasteiger partial charge is 0.311 e. The van der Waals surface area contributed by atoms with Gasteiger partial charge in [0.1, 0.15) is 0 Å². The highest BCUT2D eigenvalue weighted by molar-refractivity contribution is 5.98. The molecule has 1 heterocycles. The van der Waals surface area contributed by atoms with Gasteiger partial charge in [-0.2, -0.15) is 0 Å². The molecule has 21 heavy (non-hydrogen) atoms. The molecule has 7 nitrogen and oxygen atoms in total. The van der Waals surface area contributed by atoms with Crippen molar-refractivity contribution >= 4 is 11.6 Å². The molecule has 1 aromatic carbocycles. The fourth-order valence-electron chi connectivity index (χ4n) is 2.52. The first-order chi connectivity index (χ1) is 10.1. The number of carbonyl (C=O) groups is 1. The van der Waals surface area contributed by atoms with E-state index >= 15 is 0 Å². The van der Waals surface area contributed by atoms with Crippen LogP contribution in [0.5, 0.6) is 5.75 Å². The minimum atomic E-state index is -0.557. The third-order valence-electron chi connectivity index (χ3n) is 3.58. The van der Waals surface area contributed by atoms with E-state index in [-0.39, 0.29) is 22.9 Å². The number of ether oxygens (including phenoxy) is 1. The molecule has 2 N–H and O–H groups in total. The number of para-hydroxylation sites is 1. The number of benzene rings is 1. The van der Waals surface area contributed by atoms with Crippen molar-refractivity contribution in [3.8, 4) is 5.75 Å². The zero-order chi connectivity index (χ0) is 15.2. The van der Waals surface area contributed by atoms with Gasteiger partial charge in [-0.05, 0) is 31.9 Å². The first-order valence-corrected chi connectivity index (χ1v) is 6.96. The molecule has 1 atom stereocenters. The molecule has 0 saturated carbocycles. The van der Waals surface area contributed by atoms with E-state index in [1.54, 1.807) is 0 Å². The second-order valence-electron chi connectivity index (χ2n) is 4.95. The van der Waals surface area contributed by atoms with E-state index in [1.807, 2.05) is 0 Å². The summed E-state index contributed by atoms with van der Waals surface area (Å²) in [7, 11) is 1.32. The van der Waals surface area contributed by atoms with Crippen LogP contribution in [0.15, 0.2) is 18.2 Å². The van der Waals surface area contributed by atoms with Crippen LogP contribution < -0.4 is 15.4 Å². The Labute approximate surface area is 122 Å². The molecular weight excluding hydrogens is 274 g/mol. The minimum Gasteiger partial charge on any atom is -0.490 e. The van der Waals surface area contributed by atoms with E-state index in [4.69, 9.17) is 4.74 Å². The van der Waals surface area contributed by atoms with Crippen molar-refractivity contribution in [3.63, 3.8) is 0 Å². The monoisotopic (exact) mass is 293 g/mol. The third-order valence-corrected chi connectivity index (χ3v) is 3.58. The fourth-order valence-corrected chi connectivity index (χ4v) is 2.52. The van der Waals surface area contributed by atoms with Gasteiger partial charge in [-0.15, -0.1) is 0 Å². The van der Waals surface area contributed by atoms with Gasteiger partial charge in [0.25, 0.3) is 5.91 Å². The van der Waals surface area contributed by atoms with Crippen LogP contribution in [-0.4, -0.2) is 37.1 Å². The van der Waals surface area contributed by atoms with Crippen molar-refractivity contribution in [2.24, 2.45) is 0 Å². The maximum atomic E-state index is 12.1. The molecule has 1 aliphatic heterocycles. The number of rotatable bonds is 6. The summed E-state index contributed by atoms with van der Waals surface area (Å²) in [6.45, 7) is 1.56. The van der Waals surface area contributed by atoms with Crippen LogP contribution in [0.1, 0.15) is 29.6 Å². The molecule has 0 aliphatic carbocycles. The molecule has 0 aromatic heterocycles. The Morgan fingerprint density at radius 2 is 2.38 bits per heavy atom. The lowest BCUT2D eigenvalue weighted by molar-refractivity contribution is -0.385. The van der Waals surface area contributed by atoms with Gasteiger partial charge in [0.15, 0.2) is 0 Å². The molecule has 0 spiro atoms. The van der Waals surface area contributed by atoms with Crippen molar-refractivity contribution in [3.05, 3.63) is 33.9 Å². The van der Waals surface area contributed by atoms with Gasteiger partial charge in [0.2, 0.25) is 5.75 Å². The van der Waals surface area contributed by atoms with Gasteiger partial charge >= 0.3 is 5.69 Å². The van der Waals surface area contributed by atoms with Crippen LogP contribution in [0.4, 0.5) is 5.69 Å². The topological polar surface area (TPSA) is 93.5 Å². The normalized spacial score (nSPS) is 17.5. The summed E-state index contributed by atoms with van der Waals surface area (Å²) in [6.07, 6.45) is 3.14. The quantitative estimate of drug-likeness (QED) is 0.612. The first kappa shape index (κ1) is 15.2. The van der Waals surface area contributed by atoms with E-state index in [0.29, 0.717) is 12.6 Å². The van der Waals surface area contributed by atoms with Gasteiger partial charge in [-0.25, -0.2) is 0 Å². The first-order valence-electron chi connectivity index (χ1n) is 6.96. The number of nitrogens with one attached hydrogen (secondary N) is 2. The van der Waals surface area contributed by atoms with Gasteiger partial charge < -0.3 is 15.4 Å². The molecule has 1 saturated heterocycles. The number of nitro groups is 1. The van der Waals surface area contributed by atoms with Gasteiger partial charge in [-0.3, -0.25) is 14.9 Å². The predicted molar refractivity (Wildman–Crippen MR) is 77.6 cm³/mol. The van der Waals surface area contributed by atoms with E-state index in [9.17, 15) is 14.9 Å². The largest absolute Gasteiger partial charge is 0.490 e. The van der Waals surface area contributed by atoms with E-state index in [0.717, 1.165) is 25.8 Å². The van der Waals surface area contributed by atoms with E-state index in [1.165, 1.54) is 25.3 Å². The Bertz CT molecular complexity index is 527. The molecule has 2 rings (SSSR count). The predicted octanol–water partition coefficient (Wildman–Crippen LogP) is 1.48. The molecule has 1 unspecified atom stereocenters. The lowest BCUT2D eigenvalue weighted by Crippen LogP contribution is -2.30. The average molecular weight is 293 g/mol. The summed E-state index contributed by atoms with van der Waals surface area (Å²) in [6, 6.07) is 4.76. The zero-order valence-corrected chi connectivity index (χ0v) is 11.9. The molecular formula is C14H19N3O4. The average Bonchev–Trinajstić information content (AvgIpc) is 2.99. The summed E-state index contributed by atoms with van der Waals surface area (Å²) in [5.41, 5.74) is -0.0197. The van der Waals surface area contributed by atoms with Crippen molar-refractivity contribution in [2.45, 2.75) is 25.3 Å². The second-order valence-corrected chi connectivity index (χ2v) is 4.95. The Kier molecular flexibility index (Phi) is 5.10. The summed E-state index contributed by atoms with van der Waals surface area (Å²) >= 11 is 0. The Morgan fingerprint density at radius 3 is 3.00 bits per heavy atom. The van der Waals surface area contributed by atoms with Crippen LogP contribution in [0.2, 0.25) is 0 Å². The number of hydrogen-bond donors (Lipinski definition) is 2. The van der Waals surface area contributed by atoms with Crippen molar-refractivity contribution < 1.29 is 14.5 Å². The molecule has 0 radical (unpaired) electrons. The highest BCUT2D eigenvalue weighted by atomic mass is 16.6. The number of methoxy groups -OCH3 is 1. The van der Waals surface area contributed by atoms with E-state index < -0.39 is 4.92 Å². The van der Waals surface area contributed by atoms with Gasteiger partial charge in [-0.1, -0.05) is 6.07 Å². The number of nitro benzene ring substituents is 1. The highest BCUT2D eigenvalue weighted by Gasteiger charge is 2.22. The van der Waals surface area contributed by atoms with Crippen molar-refractivity contribution in [1.82, 2.24) is 10.6 Å². The fraction of sp³-hybridized carbons (Fsp3) is 0.500. The van der Waals surface area contributed by atoms with E-state index in [2.05, 4.69) is 10.6 Å². The molecule has 114 valence electrons. The zero-order valence-electron chi connectivity index (χ0n) is 11.9. The lowest BCUT2D eigenvalue weighted by atomic mass is 10.1. The summed E-state index contributed by atoms with van der Waals surface area (Å²) in [5, 5.41) is 17.1. The summed E-state index contributed by atoms with van der Waals surface area (Å²) in [4.78, 5) is 22.5. The molecule has 1 aromatic rings. The maximum absolute atomic E-state index is 12.1. The third kappa shape index (κ3) is 3.69. The van der Waals surface area contributed by atoms with Crippen LogP contribution in [0.3, 0.4) is 0 Å². The SMILES string of the molecule is COc1c(C(=O)NCCC2CCCN2)cccc1[N+](=O)[O-]. The van der Waals surface area contributed by atoms with Crippen LogP contribution in [-0.2, 0) is 0 Å². The summed E-state index contributed by atoms with van der Waals surface area (Å²) < 4.78 is 5.02. The second kappa shape index (κ2) is 7.03. The summed E-state index contributed by atoms with van der Waals surface area (Å²) in [5.74, 6) is -0.354. The Hall–Kier alpha value is -2.15. The van der Waals surface area contributed by atoms with Crippen molar-refractivity contribution in [1.29, 1.82) is 0 Å². The van der Waals surface area contributed by atoms with Gasteiger partial charge in [0.05, 0.1) is 17.6 Å². The van der Waals surface area contributed by atoms with Gasteiger partial charge in [0, 0.05) is 18.7 Å². The Morgan fingerprint density at radius 1 is 1.57 bits per heavy atom. The van der Waals surface area contributed by atoms with Crippen molar-refractivity contribution in [2.75, 3.05) is 20.2 Å². The Balaban J connectivity index is 2.01. The molecule has 7 heteroatoms. The lowest BCUT2D eigenvalue weighted by Gasteiger charge is -2.12. The van der Waals surface area contributed by atoms with Crippen LogP contribution >= 0.6 is 0 Å². The molecule has 1 amide bonds. The van der Waals surface area contributed by atoms with Crippen LogP contribution in [0, 0.1) is 10.1 Å². The standard InChI is InChI=1S/C14H19N3O4/c1-21-13-11(5-2-6-12(13)17(19)20)14(18)16-9-7-10-4-3-8-15-10/h2,5-6,10,15H,3-4,7-9H2,1H3,(H,16,18). The number of nitrogens with zero attached hydrogens (tertiary/aromatic N) is 1. The molecule has 1 fully saturated rings. The highest BCUT2D eigenvalue weighted by Crippen LogP contribution is 2.30. The maximum Gasteiger partial charge on any atom is 0.311 e.